The van der Waals surface area contributed by atoms with E-state index < -0.39 is 0 Å². The van der Waals surface area contributed by atoms with E-state index in [-0.39, 0.29) is 0 Å². The highest BCUT2D eigenvalue weighted by Crippen LogP contribution is 2.29. The van der Waals surface area contributed by atoms with Crippen molar-refractivity contribution in [2.45, 2.75) is 32.7 Å². The van der Waals surface area contributed by atoms with Crippen LogP contribution in [0, 0.1) is 13.8 Å². The van der Waals surface area contributed by atoms with Crippen molar-refractivity contribution in [3.05, 3.63) is 35.5 Å². The maximum atomic E-state index is 4.66. The summed E-state index contributed by atoms with van der Waals surface area (Å²) in [6, 6.07) is 2.31. The topological polar surface area (TPSA) is 66.8 Å². The second-order valence-corrected chi connectivity index (χ2v) is 5.57. The van der Waals surface area contributed by atoms with Crippen molar-refractivity contribution in [3.63, 3.8) is 0 Å². The molecule has 110 valence electrons. The van der Waals surface area contributed by atoms with Crippen molar-refractivity contribution >= 4 is 11.8 Å². The van der Waals surface area contributed by atoms with Crippen LogP contribution in [0.15, 0.2) is 18.5 Å². The van der Waals surface area contributed by atoms with Crippen molar-refractivity contribution in [2.24, 2.45) is 0 Å². The molecule has 1 fully saturated rings. The first-order valence-electron chi connectivity index (χ1n) is 7.23. The lowest BCUT2D eigenvalue weighted by Gasteiger charge is -2.18. The quantitative estimate of drug-likeness (QED) is 0.933. The molecule has 6 nitrogen and oxygen atoms in total. The Morgan fingerprint density at radius 1 is 1.14 bits per heavy atom. The minimum atomic E-state index is 0.361. The smallest absolute Gasteiger partial charge is 0.228 e. The number of aryl methyl sites for hydroxylation is 2. The average molecular weight is 284 g/mol. The second-order valence-electron chi connectivity index (χ2n) is 5.57. The molecular formula is C15H20N6. The number of aromatic nitrogens is 4. The number of nitrogens with one attached hydrogen (secondary N) is 1. The molecule has 0 aliphatic carbocycles. The third-order valence-corrected chi connectivity index (χ3v) is 3.74. The normalized spacial score (nSPS) is 18.9. The fourth-order valence-electron chi connectivity index (χ4n) is 2.78. The fraction of sp³-hybridized carbons (Fsp3) is 0.467. The van der Waals surface area contributed by atoms with Crippen molar-refractivity contribution in [2.75, 3.05) is 18.9 Å². The third kappa shape index (κ3) is 3.16. The Morgan fingerprint density at radius 2 is 1.90 bits per heavy atom. The van der Waals surface area contributed by atoms with E-state index in [0.29, 0.717) is 17.8 Å². The van der Waals surface area contributed by atoms with Crippen molar-refractivity contribution < 1.29 is 0 Å². The minimum Gasteiger partial charge on any atom is -0.307 e. The predicted octanol–water partition coefficient (Wildman–Crippen LogP) is 2.39. The van der Waals surface area contributed by atoms with Crippen molar-refractivity contribution in [3.8, 4) is 0 Å². The van der Waals surface area contributed by atoms with Gasteiger partial charge < -0.3 is 5.32 Å². The first kappa shape index (κ1) is 13.9. The van der Waals surface area contributed by atoms with Crippen LogP contribution >= 0.6 is 0 Å². The number of hydrogen-bond donors (Lipinski definition) is 1. The Morgan fingerprint density at radius 3 is 2.57 bits per heavy atom. The van der Waals surface area contributed by atoms with Gasteiger partial charge in [0.15, 0.2) is 5.82 Å². The molecule has 2 aromatic rings. The fourth-order valence-corrected chi connectivity index (χ4v) is 2.78. The SMILES string of the molecule is Cc1cc(C)nc(Nc2cncc(C3CCCN3C)n2)n1. The van der Waals surface area contributed by atoms with Gasteiger partial charge >= 0.3 is 0 Å². The zero-order chi connectivity index (χ0) is 14.8. The van der Waals surface area contributed by atoms with E-state index in [1.54, 1.807) is 6.20 Å². The van der Waals surface area contributed by atoms with E-state index >= 15 is 0 Å². The molecule has 0 bridgehead atoms. The van der Waals surface area contributed by atoms with E-state index in [1.165, 1.54) is 6.42 Å². The molecule has 21 heavy (non-hydrogen) atoms. The van der Waals surface area contributed by atoms with Crippen molar-refractivity contribution in [1.29, 1.82) is 0 Å². The lowest BCUT2D eigenvalue weighted by atomic mass is 10.1. The summed E-state index contributed by atoms with van der Waals surface area (Å²) in [6.45, 7) is 5.02. The van der Waals surface area contributed by atoms with E-state index in [2.05, 4.69) is 37.2 Å². The standard InChI is InChI=1S/C15H20N6/c1-10-7-11(2)18-15(17-10)20-14-9-16-8-12(19-14)13-5-4-6-21(13)3/h7-9,13H,4-6H2,1-3H3,(H,17,18,19,20). The maximum absolute atomic E-state index is 4.66. The molecule has 0 spiro atoms. The van der Waals surface area contributed by atoms with Gasteiger partial charge in [-0.15, -0.1) is 0 Å². The van der Waals surface area contributed by atoms with Crippen LogP contribution in [-0.4, -0.2) is 38.4 Å². The van der Waals surface area contributed by atoms with E-state index in [9.17, 15) is 0 Å². The second kappa shape index (κ2) is 5.73. The summed E-state index contributed by atoms with van der Waals surface area (Å²) in [6.07, 6.45) is 5.90. The van der Waals surface area contributed by atoms with Crippen LogP contribution in [0.5, 0.6) is 0 Å². The zero-order valence-corrected chi connectivity index (χ0v) is 12.7. The molecule has 3 rings (SSSR count). The van der Waals surface area contributed by atoms with Gasteiger partial charge in [0.05, 0.1) is 24.1 Å². The molecule has 1 N–H and O–H groups in total. The van der Waals surface area contributed by atoms with Gasteiger partial charge in [0.1, 0.15) is 0 Å². The minimum absolute atomic E-state index is 0.361. The Labute approximate surface area is 124 Å². The lowest BCUT2D eigenvalue weighted by molar-refractivity contribution is 0.311. The highest BCUT2D eigenvalue weighted by molar-refractivity contribution is 5.46. The van der Waals surface area contributed by atoms with Gasteiger partial charge in [-0.2, -0.15) is 0 Å². The van der Waals surface area contributed by atoms with Gasteiger partial charge in [-0.25, -0.2) is 15.0 Å². The third-order valence-electron chi connectivity index (χ3n) is 3.74. The first-order valence-corrected chi connectivity index (χ1v) is 7.23. The molecule has 1 aliphatic rings. The molecule has 0 aromatic carbocycles. The summed E-state index contributed by atoms with van der Waals surface area (Å²) in [5, 5.41) is 3.15. The van der Waals surface area contributed by atoms with E-state index in [1.807, 2.05) is 26.1 Å². The monoisotopic (exact) mass is 284 g/mol. The number of anilines is 2. The molecule has 2 aromatic heterocycles. The highest BCUT2D eigenvalue weighted by Gasteiger charge is 2.24. The van der Waals surface area contributed by atoms with E-state index in [0.717, 1.165) is 30.0 Å². The lowest BCUT2D eigenvalue weighted by Crippen LogP contribution is -2.19. The molecule has 1 unspecified atom stereocenters. The number of rotatable bonds is 3. The largest absolute Gasteiger partial charge is 0.307 e. The van der Waals surface area contributed by atoms with Gasteiger partial charge in [0.25, 0.3) is 0 Å². The van der Waals surface area contributed by atoms with Gasteiger partial charge in [0.2, 0.25) is 5.95 Å². The van der Waals surface area contributed by atoms with Crippen LogP contribution in [0.3, 0.4) is 0 Å². The molecular weight excluding hydrogens is 264 g/mol. The maximum Gasteiger partial charge on any atom is 0.228 e. The van der Waals surface area contributed by atoms with Gasteiger partial charge in [-0.3, -0.25) is 9.88 Å². The zero-order valence-electron chi connectivity index (χ0n) is 12.7. The summed E-state index contributed by atoms with van der Waals surface area (Å²) in [5.74, 6) is 1.26. The molecule has 6 heteroatoms. The molecule has 0 radical (unpaired) electrons. The first-order chi connectivity index (χ1) is 10.1. The molecule has 0 amide bonds. The van der Waals surface area contributed by atoms with Crippen LogP contribution in [0.2, 0.25) is 0 Å². The molecule has 1 aliphatic heterocycles. The van der Waals surface area contributed by atoms with Crippen LogP contribution in [0.1, 0.15) is 36.0 Å². The van der Waals surface area contributed by atoms with Crippen LogP contribution < -0.4 is 5.32 Å². The highest BCUT2D eigenvalue weighted by atomic mass is 15.2. The molecule has 1 atom stereocenters. The van der Waals surface area contributed by atoms with E-state index in [4.69, 9.17) is 0 Å². The van der Waals surface area contributed by atoms with Crippen LogP contribution in [0.25, 0.3) is 0 Å². The van der Waals surface area contributed by atoms with Crippen LogP contribution in [0.4, 0.5) is 11.8 Å². The number of hydrogen-bond acceptors (Lipinski definition) is 6. The van der Waals surface area contributed by atoms with Crippen molar-refractivity contribution in [1.82, 2.24) is 24.8 Å². The Hall–Kier alpha value is -2.08. The van der Waals surface area contributed by atoms with Gasteiger partial charge in [0, 0.05) is 11.4 Å². The predicted molar refractivity (Wildman–Crippen MR) is 81.4 cm³/mol. The molecule has 3 heterocycles. The Kier molecular flexibility index (Phi) is 3.79. The summed E-state index contributed by atoms with van der Waals surface area (Å²) in [7, 11) is 2.13. The van der Waals surface area contributed by atoms with Gasteiger partial charge in [-0.05, 0) is 46.3 Å². The summed E-state index contributed by atoms with van der Waals surface area (Å²) < 4.78 is 0. The number of likely N-dealkylation sites (tertiary alicyclic amines) is 1. The summed E-state index contributed by atoms with van der Waals surface area (Å²) >= 11 is 0. The summed E-state index contributed by atoms with van der Waals surface area (Å²) in [5.41, 5.74) is 2.87. The molecule has 0 saturated carbocycles. The summed E-state index contributed by atoms with van der Waals surface area (Å²) in [4.78, 5) is 20.0. The Balaban J connectivity index is 1.82. The average Bonchev–Trinajstić information content (AvgIpc) is 2.84. The number of nitrogens with zero attached hydrogens (tertiary/aromatic N) is 5. The van der Waals surface area contributed by atoms with Gasteiger partial charge in [-0.1, -0.05) is 0 Å². The Bertz CT molecular complexity index is 622. The van der Waals surface area contributed by atoms with Crippen LogP contribution in [-0.2, 0) is 0 Å². The molecule has 1 saturated heterocycles.